The quantitative estimate of drug-likeness (QED) is 0.277. The highest BCUT2D eigenvalue weighted by Gasteiger charge is 2.24. The number of thiophene rings is 1. The molecule has 10 heteroatoms. The maximum absolute atomic E-state index is 12.3. The van der Waals surface area contributed by atoms with Gasteiger partial charge in [0.05, 0.1) is 16.1 Å². The van der Waals surface area contributed by atoms with Gasteiger partial charge in [0.25, 0.3) is 5.91 Å². The number of halogens is 2. The van der Waals surface area contributed by atoms with Gasteiger partial charge in [-0.1, -0.05) is 39.7 Å². The van der Waals surface area contributed by atoms with Crippen LogP contribution in [0.5, 0.6) is 11.5 Å². The van der Waals surface area contributed by atoms with E-state index in [-0.39, 0.29) is 6.10 Å². The molecule has 2 N–H and O–H groups in total. The molecule has 1 aliphatic heterocycles. The second kappa shape index (κ2) is 10.4. The lowest BCUT2D eigenvalue weighted by atomic mass is 10.1. The molecule has 2 aromatic carbocycles. The number of hydrogen-bond donors (Lipinski definition) is 1. The van der Waals surface area contributed by atoms with E-state index in [0.717, 1.165) is 52.0 Å². The minimum absolute atomic E-state index is 0.136. The van der Waals surface area contributed by atoms with Crippen molar-refractivity contribution in [3.63, 3.8) is 0 Å². The summed E-state index contributed by atoms with van der Waals surface area (Å²) >= 11 is 11.5. The predicted molar refractivity (Wildman–Crippen MR) is 147 cm³/mol. The zero-order valence-corrected chi connectivity index (χ0v) is 23.1. The Labute approximate surface area is 226 Å². The van der Waals surface area contributed by atoms with E-state index in [9.17, 15) is 4.79 Å². The Bertz CT molecular complexity index is 1410. The van der Waals surface area contributed by atoms with Gasteiger partial charge in [0, 0.05) is 29.2 Å². The highest BCUT2D eigenvalue weighted by atomic mass is 79.9. The number of piperidine rings is 1. The number of rotatable bonds is 7. The number of carbonyl (C=O) groups excluding carboxylic acids is 1. The van der Waals surface area contributed by atoms with Crippen LogP contribution < -0.4 is 15.2 Å². The van der Waals surface area contributed by atoms with Crippen LogP contribution >= 0.6 is 38.9 Å². The van der Waals surface area contributed by atoms with Gasteiger partial charge in [-0.15, -0.1) is 11.3 Å². The zero-order chi connectivity index (χ0) is 25.4. The molecule has 4 aromatic rings. The topological polar surface area (TPSA) is 82.6 Å². The first-order valence-electron chi connectivity index (χ1n) is 11.7. The summed E-state index contributed by atoms with van der Waals surface area (Å²) in [5.41, 5.74) is 8.24. The van der Waals surface area contributed by atoms with Crippen LogP contribution in [-0.2, 0) is 0 Å². The van der Waals surface area contributed by atoms with Gasteiger partial charge in [0.2, 0.25) is 0 Å². The molecule has 1 amide bonds. The first-order chi connectivity index (χ1) is 17.3. The number of hydrogen-bond acceptors (Lipinski definition) is 6. The maximum atomic E-state index is 12.3. The van der Waals surface area contributed by atoms with Crippen molar-refractivity contribution >= 4 is 55.8 Å². The van der Waals surface area contributed by atoms with E-state index in [1.165, 1.54) is 11.3 Å². The van der Waals surface area contributed by atoms with E-state index in [4.69, 9.17) is 26.8 Å². The molecular weight excluding hydrogens is 564 g/mol. The largest absolute Gasteiger partial charge is 0.489 e. The number of imidazole rings is 1. The van der Waals surface area contributed by atoms with E-state index >= 15 is 0 Å². The number of aromatic nitrogens is 2. The Kier molecular flexibility index (Phi) is 7.25. The summed E-state index contributed by atoms with van der Waals surface area (Å²) in [7, 11) is 2.12. The molecule has 0 radical (unpaired) electrons. The van der Waals surface area contributed by atoms with E-state index in [1.807, 2.05) is 54.0 Å². The Morgan fingerprint density at radius 1 is 1.22 bits per heavy atom. The number of nitrogens with two attached hydrogens (primary N) is 1. The van der Waals surface area contributed by atoms with Crippen molar-refractivity contribution in [3.05, 3.63) is 68.7 Å². The molecule has 0 bridgehead atoms. The first-order valence-corrected chi connectivity index (χ1v) is 13.7. The molecule has 0 aliphatic carbocycles. The normalized spacial score (nSPS) is 15.8. The second-order valence-electron chi connectivity index (χ2n) is 8.93. The standard InChI is InChI=1S/C26H26BrClN4O3S/c1-15(18-4-3-5-21(24(18)28)35-17-8-10-31(2)11-9-17)34-22-13-23(36-25(22)26(29)33)32-14-30-19-12-16(27)6-7-20(19)32/h3-7,12-15,17H,8-11H2,1-2H3,(H2,29,33)/t15-/m1/s1. The van der Waals surface area contributed by atoms with Gasteiger partial charge in [-0.2, -0.15) is 0 Å². The van der Waals surface area contributed by atoms with Crippen molar-refractivity contribution in [3.8, 4) is 16.5 Å². The molecule has 1 saturated heterocycles. The molecule has 3 heterocycles. The Hall–Kier alpha value is -2.59. The SMILES string of the molecule is C[C@@H](Oc1cc(-n2cnc3cc(Br)ccc32)sc1C(N)=O)c1cccc(OC2CCN(C)CC2)c1Cl. The van der Waals surface area contributed by atoms with Crippen molar-refractivity contribution in [2.45, 2.75) is 32.0 Å². The van der Waals surface area contributed by atoms with Crippen molar-refractivity contribution in [2.75, 3.05) is 20.1 Å². The number of fused-ring (bicyclic) bond motifs is 1. The third-order valence-electron chi connectivity index (χ3n) is 6.35. The van der Waals surface area contributed by atoms with Crippen LogP contribution in [0.1, 0.15) is 41.1 Å². The summed E-state index contributed by atoms with van der Waals surface area (Å²) in [6.07, 6.45) is 3.35. The molecule has 1 atom stereocenters. The van der Waals surface area contributed by atoms with Crippen LogP contribution in [0.4, 0.5) is 0 Å². The minimum atomic E-state index is -0.550. The summed E-state index contributed by atoms with van der Waals surface area (Å²) < 4.78 is 15.4. The summed E-state index contributed by atoms with van der Waals surface area (Å²) in [5, 5.41) is 1.30. The van der Waals surface area contributed by atoms with Gasteiger partial charge < -0.3 is 20.1 Å². The van der Waals surface area contributed by atoms with Gasteiger partial charge in [0.15, 0.2) is 0 Å². The van der Waals surface area contributed by atoms with E-state index in [2.05, 4.69) is 32.9 Å². The van der Waals surface area contributed by atoms with Crippen molar-refractivity contribution < 1.29 is 14.3 Å². The third kappa shape index (κ3) is 5.11. The molecule has 188 valence electrons. The molecule has 2 aromatic heterocycles. The Morgan fingerprint density at radius 3 is 2.75 bits per heavy atom. The van der Waals surface area contributed by atoms with Crippen LogP contribution in [0, 0.1) is 0 Å². The number of primary amides is 1. The monoisotopic (exact) mass is 588 g/mol. The summed E-state index contributed by atoms with van der Waals surface area (Å²) in [4.78, 5) is 19.4. The number of likely N-dealkylation sites (tertiary alicyclic amines) is 1. The average molecular weight is 590 g/mol. The van der Waals surface area contributed by atoms with Crippen molar-refractivity contribution in [2.24, 2.45) is 5.73 Å². The number of ether oxygens (including phenoxy) is 2. The van der Waals surface area contributed by atoms with Crippen LogP contribution in [0.3, 0.4) is 0 Å². The molecule has 0 unspecified atom stereocenters. The number of benzene rings is 2. The van der Waals surface area contributed by atoms with Crippen LogP contribution in [-0.4, -0.2) is 46.6 Å². The summed E-state index contributed by atoms with van der Waals surface area (Å²) in [6.45, 7) is 3.90. The molecule has 7 nitrogen and oxygen atoms in total. The van der Waals surface area contributed by atoms with Gasteiger partial charge in [-0.25, -0.2) is 4.98 Å². The van der Waals surface area contributed by atoms with E-state index < -0.39 is 12.0 Å². The molecular formula is C26H26BrClN4O3S. The fourth-order valence-corrected chi connectivity index (χ4v) is 5.97. The molecule has 1 fully saturated rings. The van der Waals surface area contributed by atoms with Gasteiger partial charge in [-0.3, -0.25) is 9.36 Å². The fourth-order valence-electron chi connectivity index (χ4n) is 4.37. The van der Waals surface area contributed by atoms with Crippen LogP contribution in [0.2, 0.25) is 5.02 Å². The maximum Gasteiger partial charge on any atom is 0.262 e. The minimum Gasteiger partial charge on any atom is -0.489 e. The average Bonchev–Trinajstić information content (AvgIpc) is 3.45. The lowest BCUT2D eigenvalue weighted by Crippen LogP contribution is -2.35. The van der Waals surface area contributed by atoms with Gasteiger partial charge >= 0.3 is 0 Å². The molecule has 1 aliphatic rings. The summed E-state index contributed by atoms with van der Waals surface area (Å²) in [5.74, 6) is 0.508. The summed E-state index contributed by atoms with van der Waals surface area (Å²) in [6, 6.07) is 13.4. The lowest BCUT2D eigenvalue weighted by Gasteiger charge is -2.30. The van der Waals surface area contributed by atoms with Crippen LogP contribution in [0.25, 0.3) is 16.0 Å². The third-order valence-corrected chi connectivity index (χ3v) is 8.38. The highest BCUT2D eigenvalue weighted by molar-refractivity contribution is 9.10. The number of nitrogens with zero attached hydrogens (tertiary/aromatic N) is 3. The predicted octanol–water partition coefficient (Wildman–Crippen LogP) is 6.21. The first kappa shape index (κ1) is 25.1. The van der Waals surface area contributed by atoms with E-state index in [0.29, 0.717) is 21.4 Å². The zero-order valence-electron chi connectivity index (χ0n) is 19.9. The highest BCUT2D eigenvalue weighted by Crippen LogP contribution is 2.39. The van der Waals surface area contributed by atoms with Gasteiger partial charge in [-0.05, 0) is 51.1 Å². The molecule has 0 saturated carbocycles. The number of amides is 1. The van der Waals surface area contributed by atoms with Crippen molar-refractivity contribution in [1.82, 2.24) is 14.5 Å². The van der Waals surface area contributed by atoms with Crippen LogP contribution in [0.15, 0.2) is 53.3 Å². The smallest absolute Gasteiger partial charge is 0.262 e. The fraction of sp³-hybridized carbons (Fsp3) is 0.308. The number of carbonyl (C=O) groups is 1. The van der Waals surface area contributed by atoms with Crippen molar-refractivity contribution in [1.29, 1.82) is 0 Å². The molecule has 36 heavy (non-hydrogen) atoms. The Morgan fingerprint density at radius 2 is 2.00 bits per heavy atom. The van der Waals surface area contributed by atoms with E-state index in [1.54, 1.807) is 6.33 Å². The Balaban J connectivity index is 1.40. The molecule has 5 rings (SSSR count). The molecule has 0 spiro atoms. The lowest BCUT2D eigenvalue weighted by molar-refractivity contribution is 0.0998. The van der Waals surface area contributed by atoms with Gasteiger partial charge in [0.1, 0.15) is 39.9 Å². The second-order valence-corrected chi connectivity index (χ2v) is 11.3.